The van der Waals surface area contributed by atoms with Gasteiger partial charge in [0.05, 0.1) is 6.54 Å². The van der Waals surface area contributed by atoms with Crippen LogP contribution < -0.4 is 10.6 Å². The fraction of sp³-hybridized carbons (Fsp3) is 0.667. The van der Waals surface area contributed by atoms with E-state index in [0.717, 1.165) is 19.3 Å². The van der Waals surface area contributed by atoms with Crippen molar-refractivity contribution in [2.45, 2.75) is 38.3 Å². The summed E-state index contributed by atoms with van der Waals surface area (Å²) >= 11 is 0. The van der Waals surface area contributed by atoms with Gasteiger partial charge in [0.25, 0.3) is 0 Å². The Morgan fingerprint density at radius 1 is 1.21 bits per heavy atom. The van der Waals surface area contributed by atoms with Gasteiger partial charge >= 0.3 is 12.1 Å². The normalized spacial score (nSPS) is 15.6. The third-order valence-electron chi connectivity index (χ3n) is 2.82. The molecule has 0 aliphatic heterocycles. The lowest BCUT2D eigenvalue weighted by Crippen LogP contribution is -2.43. The summed E-state index contributed by atoms with van der Waals surface area (Å²) in [5, 5.41) is 4.00. The lowest BCUT2D eigenvalue weighted by Gasteiger charge is -2.13. The number of carbonyl (C=O) groups is 2. The molecule has 0 unspecified atom stereocenters. The van der Waals surface area contributed by atoms with Crippen LogP contribution in [-0.4, -0.2) is 31.1 Å². The van der Waals surface area contributed by atoms with E-state index in [2.05, 4.69) is 11.4 Å². The Balaban J connectivity index is 2.14. The van der Waals surface area contributed by atoms with Crippen LogP contribution >= 0.6 is 0 Å². The van der Waals surface area contributed by atoms with Crippen LogP contribution in [0.4, 0.5) is 13.2 Å². The maximum absolute atomic E-state index is 11.8. The van der Waals surface area contributed by atoms with Crippen LogP contribution in [0.15, 0.2) is 11.6 Å². The highest BCUT2D eigenvalue weighted by molar-refractivity contribution is 5.87. The molecule has 0 spiro atoms. The van der Waals surface area contributed by atoms with Gasteiger partial charge in [0.1, 0.15) is 0 Å². The molecule has 1 aliphatic rings. The summed E-state index contributed by atoms with van der Waals surface area (Å²) in [6.45, 7) is -0.274. The summed E-state index contributed by atoms with van der Waals surface area (Å²) in [6.07, 6.45) is 2.28. The molecular formula is C12H17F3N2O2. The highest BCUT2D eigenvalue weighted by Gasteiger charge is 2.38. The second kappa shape index (κ2) is 7.16. The molecule has 1 rings (SSSR count). The molecule has 2 amide bonds. The predicted molar refractivity (Wildman–Crippen MR) is 63.2 cm³/mol. The number of halogens is 3. The van der Waals surface area contributed by atoms with Gasteiger partial charge in [-0.15, -0.1) is 0 Å². The van der Waals surface area contributed by atoms with Crippen LogP contribution in [0.2, 0.25) is 0 Å². The van der Waals surface area contributed by atoms with E-state index in [9.17, 15) is 22.8 Å². The molecule has 108 valence electrons. The zero-order chi connectivity index (χ0) is 14.3. The Morgan fingerprint density at radius 3 is 2.53 bits per heavy atom. The van der Waals surface area contributed by atoms with Gasteiger partial charge in [0.2, 0.25) is 5.91 Å². The van der Waals surface area contributed by atoms with E-state index in [1.165, 1.54) is 17.3 Å². The molecule has 0 aromatic heterocycles. The number of allylic oxidation sites excluding steroid dienone is 1. The van der Waals surface area contributed by atoms with Gasteiger partial charge in [-0.2, -0.15) is 13.2 Å². The summed E-state index contributed by atoms with van der Waals surface area (Å²) in [4.78, 5) is 21.7. The number of carbonyl (C=O) groups excluding carboxylic acids is 2. The van der Waals surface area contributed by atoms with Gasteiger partial charge in [-0.05, 0) is 32.1 Å². The van der Waals surface area contributed by atoms with Crippen molar-refractivity contribution in [3.8, 4) is 0 Å². The molecule has 0 atom stereocenters. The smallest absolute Gasteiger partial charge is 0.354 e. The minimum atomic E-state index is -4.95. The molecule has 0 saturated heterocycles. The standard InChI is InChI=1S/C12H17F3N2O2/c13-12(14,15)11(19)17-8-10(18)16-7-6-9-4-2-1-3-5-9/h4H,1-3,5-8H2,(H,16,18)(H,17,19). The van der Waals surface area contributed by atoms with Crippen molar-refractivity contribution >= 4 is 11.8 Å². The van der Waals surface area contributed by atoms with Crippen molar-refractivity contribution in [3.63, 3.8) is 0 Å². The summed E-state index contributed by atoms with van der Waals surface area (Å²) in [5.74, 6) is -2.72. The zero-order valence-corrected chi connectivity index (χ0v) is 10.5. The molecule has 0 heterocycles. The van der Waals surface area contributed by atoms with E-state index in [-0.39, 0.29) is 0 Å². The second-order valence-electron chi connectivity index (χ2n) is 4.39. The first-order valence-corrected chi connectivity index (χ1v) is 6.19. The molecule has 0 saturated carbocycles. The average molecular weight is 278 g/mol. The molecular weight excluding hydrogens is 261 g/mol. The van der Waals surface area contributed by atoms with Crippen molar-refractivity contribution in [1.29, 1.82) is 0 Å². The lowest BCUT2D eigenvalue weighted by molar-refractivity contribution is -0.173. The molecule has 2 N–H and O–H groups in total. The SMILES string of the molecule is O=C(CNC(=O)C(F)(F)F)NCCC1=CCCCC1. The third-order valence-corrected chi connectivity index (χ3v) is 2.82. The van der Waals surface area contributed by atoms with E-state index < -0.39 is 24.5 Å². The molecule has 7 heteroatoms. The van der Waals surface area contributed by atoms with E-state index in [1.54, 1.807) is 0 Å². The largest absolute Gasteiger partial charge is 0.471 e. The van der Waals surface area contributed by atoms with Crippen LogP contribution in [0.25, 0.3) is 0 Å². The van der Waals surface area contributed by atoms with Crippen molar-refractivity contribution in [2.24, 2.45) is 0 Å². The van der Waals surface area contributed by atoms with Crippen LogP contribution in [0, 0.1) is 0 Å². The Hall–Kier alpha value is -1.53. The number of rotatable bonds is 5. The van der Waals surface area contributed by atoms with Gasteiger partial charge < -0.3 is 10.6 Å². The van der Waals surface area contributed by atoms with Crippen molar-refractivity contribution in [2.75, 3.05) is 13.1 Å². The number of hydrogen-bond acceptors (Lipinski definition) is 2. The maximum atomic E-state index is 11.8. The summed E-state index contributed by atoms with van der Waals surface area (Å²) in [5.41, 5.74) is 1.27. The molecule has 4 nitrogen and oxygen atoms in total. The Morgan fingerprint density at radius 2 is 1.95 bits per heavy atom. The van der Waals surface area contributed by atoms with Gasteiger partial charge in [-0.1, -0.05) is 11.6 Å². The first-order valence-electron chi connectivity index (χ1n) is 6.19. The average Bonchev–Trinajstić information content (AvgIpc) is 2.36. The van der Waals surface area contributed by atoms with Crippen LogP contribution in [0.3, 0.4) is 0 Å². The minimum absolute atomic E-state index is 0.382. The topological polar surface area (TPSA) is 58.2 Å². The fourth-order valence-corrected chi connectivity index (χ4v) is 1.82. The molecule has 0 radical (unpaired) electrons. The summed E-state index contributed by atoms with van der Waals surface area (Å²) in [7, 11) is 0. The third kappa shape index (κ3) is 6.26. The van der Waals surface area contributed by atoms with Crippen LogP contribution in [-0.2, 0) is 9.59 Å². The van der Waals surface area contributed by atoms with Gasteiger partial charge in [-0.25, -0.2) is 0 Å². The lowest BCUT2D eigenvalue weighted by atomic mass is 9.97. The first kappa shape index (κ1) is 15.5. The van der Waals surface area contributed by atoms with Gasteiger partial charge in [0.15, 0.2) is 0 Å². The molecule has 0 fully saturated rings. The van der Waals surface area contributed by atoms with E-state index in [4.69, 9.17) is 0 Å². The Bertz CT molecular complexity index is 364. The maximum Gasteiger partial charge on any atom is 0.471 e. The molecule has 19 heavy (non-hydrogen) atoms. The van der Waals surface area contributed by atoms with Gasteiger partial charge in [0, 0.05) is 6.54 Å². The number of alkyl halides is 3. The number of hydrogen-bond donors (Lipinski definition) is 2. The number of amides is 2. The zero-order valence-electron chi connectivity index (χ0n) is 10.5. The summed E-state index contributed by atoms with van der Waals surface area (Å²) in [6, 6.07) is 0. The Kier molecular flexibility index (Phi) is 5.85. The van der Waals surface area contributed by atoms with Gasteiger partial charge in [-0.3, -0.25) is 9.59 Å². The molecule has 0 bridgehead atoms. The van der Waals surface area contributed by atoms with E-state index in [1.807, 2.05) is 0 Å². The van der Waals surface area contributed by atoms with Crippen molar-refractivity contribution < 1.29 is 22.8 Å². The fourth-order valence-electron chi connectivity index (χ4n) is 1.82. The van der Waals surface area contributed by atoms with Crippen molar-refractivity contribution in [3.05, 3.63) is 11.6 Å². The first-order chi connectivity index (χ1) is 8.89. The molecule has 0 aromatic carbocycles. The van der Waals surface area contributed by atoms with Crippen molar-refractivity contribution in [1.82, 2.24) is 10.6 Å². The monoisotopic (exact) mass is 278 g/mol. The van der Waals surface area contributed by atoms with E-state index in [0.29, 0.717) is 13.0 Å². The Labute approximate surface area is 109 Å². The van der Waals surface area contributed by atoms with Crippen LogP contribution in [0.1, 0.15) is 32.1 Å². The molecule has 0 aromatic rings. The van der Waals surface area contributed by atoms with E-state index >= 15 is 0 Å². The highest BCUT2D eigenvalue weighted by Crippen LogP contribution is 2.19. The molecule has 1 aliphatic carbocycles. The highest BCUT2D eigenvalue weighted by atomic mass is 19.4. The summed E-state index contributed by atoms with van der Waals surface area (Å²) < 4.78 is 35.5. The minimum Gasteiger partial charge on any atom is -0.354 e. The number of nitrogens with one attached hydrogen (secondary N) is 2. The van der Waals surface area contributed by atoms with Crippen LogP contribution in [0.5, 0.6) is 0 Å². The quantitative estimate of drug-likeness (QED) is 0.752. The predicted octanol–water partition coefficient (Wildman–Crippen LogP) is 1.67. The second-order valence-corrected chi connectivity index (χ2v) is 4.39.